The van der Waals surface area contributed by atoms with Gasteiger partial charge in [-0.15, -0.1) is 0 Å². The van der Waals surface area contributed by atoms with Crippen molar-refractivity contribution in [3.63, 3.8) is 0 Å². The second-order valence-corrected chi connectivity index (χ2v) is 3.92. The van der Waals surface area contributed by atoms with E-state index in [0.717, 1.165) is 11.3 Å². The molecule has 3 N–H and O–H groups in total. The maximum atomic E-state index is 11.2. The summed E-state index contributed by atoms with van der Waals surface area (Å²) < 4.78 is 0. The molecule has 2 amide bonds. The van der Waals surface area contributed by atoms with Gasteiger partial charge in [-0.05, 0) is 18.6 Å². The lowest BCUT2D eigenvalue weighted by molar-refractivity contribution is 0.204. The molecule has 0 saturated carbocycles. The van der Waals surface area contributed by atoms with Crippen LogP contribution in [0.3, 0.4) is 0 Å². The zero-order valence-electron chi connectivity index (χ0n) is 8.73. The summed E-state index contributed by atoms with van der Waals surface area (Å²) in [6.07, 6.45) is 0. The lowest BCUT2D eigenvalue weighted by Crippen LogP contribution is -2.39. The van der Waals surface area contributed by atoms with Crippen LogP contribution in [-0.2, 0) is 6.54 Å². The summed E-state index contributed by atoms with van der Waals surface area (Å²) in [4.78, 5) is 12.8. The Labute approximate surface area is 89.1 Å². The van der Waals surface area contributed by atoms with Crippen LogP contribution in [0.5, 0.6) is 0 Å². The highest BCUT2D eigenvalue weighted by Gasteiger charge is 2.19. The number of anilines is 1. The predicted molar refractivity (Wildman–Crippen MR) is 59.5 cm³/mol. The van der Waals surface area contributed by atoms with Crippen molar-refractivity contribution in [2.75, 3.05) is 11.9 Å². The molecule has 0 saturated heterocycles. The van der Waals surface area contributed by atoms with Crippen LogP contribution in [0.2, 0.25) is 0 Å². The van der Waals surface area contributed by atoms with Gasteiger partial charge in [0.15, 0.2) is 0 Å². The van der Waals surface area contributed by atoms with Crippen LogP contribution in [0.4, 0.5) is 10.5 Å². The van der Waals surface area contributed by atoms with E-state index in [4.69, 9.17) is 5.73 Å². The SMILES string of the molecule is CC1CN(C(N)=O)Cc2ccccc2N1. The van der Waals surface area contributed by atoms with Gasteiger partial charge in [-0.1, -0.05) is 18.2 Å². The average molecular weight is 205 g/mol. The smallest absolute Gasteiger partial charge is 0.315 e. The first kappa shape index (κ1) is 9.83. The molecule has 2 rings (SSSR count). The van der Waals surface area contributed by atoms with Crippen LogP contribution in [0.25, 0.3) is 0 Å². The Morgan fingerprint density at radius 2 is 2.27 bits per heavy atom. The zero-order chi connectivity index (χ0) is 10.8. The van der Waals surface area contributed by atoms with Crippen LogP contribution in [0.1, 0.15) is 12.5 Å². The molecule has 1 aliphatic heterocycles. The van der Waals surface area contributed by atoms with Gasteiger partial charge in [0.1, 0.15) is 0 Å². The first-order valence-electron chi connectivity index (χ1n) is 5.05. The molecule has 0 spiro atoms. The number of hydrogen-bond acceptors (Lipinski definition) is 2. The van der Waals surface area contributed by atoms with E-state index in [1.54, 1.807) is 4.90 Å². The van der Waals surface area contributed by atoms with Crippen molar-refractivity contribution in [2.45, 2.75) is 19.5 Å². The molecule has 4 nitrogen and oxygen atoms in total. The molecule has 1 aromatic rings. The van der Waals surface area contributed by atoms with Crippen molar-refractivity contribution in [1.82, 2.24) is 4.90 Å². The number of nitrogens with one attached hydrogen (secondary N) is 1. The standard InChI is InChI=1S/C11H15N3O/c1-8-6-14(11(12)15)7-9-4-2-3-5-10(9)13-8/h2-5,8,13H,6-7H2,1H3,(H2,12,15). The number of hydrogen-bond donors (Lipinski definition) is 2. The van der Waals surface area contributed by atoms with E-state index in [9.17, 15) is 4.79 Å². The number of para-hydroxylation sites is 1. The molecule has 1 aromatic carbocycles. The Bertz CT molecular complexity index is 378. The fourth-order valence-corrected chi connectivity index (χ4v) is 1.88. The van der Waals surface area contributed by atoms with Gasteiger partial charge in [-0.3, -0.25) is 0 Å². The van der Waals surface area contributed by atoms with Gasteiger partial charge in [0, 0.05) is 24.8 Å². The fourth-order valence-electron chi connectivity index (χ4n) is 1.88. The topological polar surface area (TPSA) is 58.4 Å². The highest BCUT2D eigenvalue weighted by Crippen LogP contribution is 2.21. The molecule has 1 heterocycles. The minimum atomic E-state index is -0.361. The second-order valence-electron chi connectivity index (χ2n) is 3.92. The molecule has 0 aromatic heterocycles. The number of benzene rings is 1. The van der Waals surface area contributed by atoms with Crippen LogP contribution in [0, 0.1) is 0 Å². The molecule has 4 heteroatoms. The van der Waals surface area contributed by atoms with Crippen molar-refractivity contribution >= 4 is 11.7 Å². The number of carbonyl (C=O) groups is 1. The zero-order valence-corrected chi connectivity index (χ0v) is 8.73. The summed E-state index contributed by atoms with van der Waals surface area (Å²) in [7, 11) is 0. The van der Waals surface area contributed by atoms with Crippen LogP contribution in [-0.4, -0.2) is 23.5 Å². The van der Waals surface area contributed by atoms with Gasteiger partial charge < -0.3 is 16.0 Å². The highest BCUT2D eigenvalue weighted by molar-refractivity contribution is 5.73. The van der Waals surface area contributed by atoms with Crippen molar-refractivity contribution in [3.05, 3.63) is 29.8 Å². The van der Waals surface area contributed by atoms with Crippen LogP contribution in [0.15, 0.2) is 24.3 Å². The van der Waals surface area contributed by atoms with Gasteiger partial charge in [-0.25, -0.2) is 4.79 Å². The molecule has 1 unspecified atom stereocenters. The van der Waals surface area contributed by atoms with E-state index < -0.39 is 0 Å². The van der Waals surface area contributed by atoms with Gasteiger partial charge in [-0.2, -0.15) is 0 Å². The molecule has 1 aliphatic rings. The monoisotopic (exact) mass is 205 g/mol. The van der Waals surface area contributed by atoms with Crippen LogP contribution < -0.4 is 11.1 Å². The third-order valence-electron chi connectivity index (χ3n) is 2.59. The normalized spacial score (nSPS) is 20.1. The molecule has 1 atom stereocenters. The number of primary amides is 1. The maximum absolute atomic E-state index is 11.2. The summed E-state index contributed by atoms with van der Waals surface area (Å²) in [5.74, 6) is 0. The maximum Gasteiger partial charge on any atom is 0.315 e. The van der Waals surface area contributed by atoms with E-state index in [1.807, 2.05) is 31.2 Å². The Kier molecular flexibility index (Phi) is 2.49. The molecule has 15 heavy (non-hydrogen) atoms. The van der Waals surface area contributed by atoms with Crippen molar-refractivity contribution in [2.24, 2.45) is 5.73 Å². The van der Waals surface area contributed by atoms with Crippen molar-refractivity contribution < 1.29 is 4.79 Å². The molecule has 0 bridgehead atoms. The predicted octanol–water partition coefficient (Wildman–Crippen LogP) is 1.38. The lowest BCUT2D eigenvalue weighted by Gasteiger charge is -2.20. The lowest BCUT2D eigenvalue weighted by atomic mass is 10.2. The summed E-state index contributed by atoms with van der Waals surface area (Å²) in [6.45, 7) is 3.27. The number of urea groups is 1. The Morgan fingerprint density at radius 3 is 3.00 bits per heavy atom. The highest BCUT2D eigenvalue weighted by atomic mass is 16.2. The number of nitrogens with two attached hydrogens (primary N) is 1. The number of amides is 2. The third-order valence-corrected chi connectivity index (χ3v) is 2.59. The van der Waals surface area contributed by atoms with E-state index >= 15 is 0 Å². The summed E-state index contributed by atoms with van der Waals surface area (Å²) >= 11 is 0. The summed E-state index contributed by atoms with van der Waals surface area (Å²) in [5.41, 5.74) is 7.52. The quantitative estimate of drug-likeness (QED) is 0.672. The largest absolute Gasteiger partial charge is 0.381 e. The van der Waals surface area contributed by atoms with E-state index in [1.165, 1.54) is 0 Å². The first-order valence-corrected chi connectivity index (χ1v) is 5.05. The number of carbonyl (C=O) groups excluding carboxylic acids is 1. The van der Waals surface area contributed by atoms with Crippen LogP contribution >= 0.6 is 0 Å². The van der Waals surface area contributed by atoms with E-state index in [-0.39, 0.29) is 12.1 Å². The number of rotatable bonds is 0. The minimum absolute atomic E-state index is 0.223. The van der Waals surface area contributed by atoms with E-state index in [0.29, 0.717) is 13.1 Å². The van der Waals surface area contributed by atoms with Crippen molar-refractivity contribution in [1.29, 1.82) is 0 Å². The van der Waals surface area contributed by atoms with Gasteiger partial charge in [0.2, 0.25) is 0 Å². The molecule has 0 radical (unpaired) electrons. The van der Waals surface area contributed by atoms with E-state index in [2.05, 4.69) is 5.32 Å². The second kappa shape index (κ2) is 3.81. The fraction of sp³-hybridized carbons (Fsp3) is 0.364. The molecular weight excluding hydrogens is 190 g/mol. The number of nitrogens with zero attached hydrogens (tertiary/aromatic N) is 1. The minimum Gasteiger partial charge on any atom is -0.381 e. The Hall–Kier alpha value is -1.71. The van der Waals surface area contributed by atoms with Crippen molar-refractivity contribution in [3.8, 4) is 0 Å². The average Bonchev–Trinajstić information content (AvgIpc) is 2.35. The third kappa shape index (κ3) is 2.03. The van der Waals surface area contributed by atoms with Gasteiger partial charge >= 0.3 is 6.03 Å². The van der Waals surface area contributed by atoms with Gasteiger partial charge in [0.25, 0.3) is 0 Å². The molecular formula is C11H15N3O. The van der Waals surface area contributed by atoms with Gasteiger partial charge in [0.05, 0.1) is 0 Å². The first-order chi connectivity index (χ1) is 7.16. The molecule has 80 valence electrons. The Balaban J connectivity index is 2.31. The Morgan fingerprint density at radius 1 is 1.53 bits per heavy atom. The summed E-state index contributed by atoms with van der Waals surface area (Å²) in [5, 5.41) is 3.36. The summed E-state index contributed by atoms with van der Waals surface area (Å²) in [6, 6.07) is 7.85. The number of fused-ring (bicyclic) bond motifs is 1. The molecule has 0 fully saturated rings. The molecule has 0 aliphatic carbocycles.